The predicted molar refractivity (Wildman–Crippen MR) is 136 cm³/mol. The molecular formula is C28H35N3O4. The van der Waals surface area contributed by atoms with E-state index >= 15 is 0 Å². The molecule has 2 rings (SSSR count). The van der Waals surface area contributed by atoms with Crippen LogP contribution in [0.15, 0.2) is 54.6 Å². The predicted octanol–water partition coefficient (Wildman–Crippen LogP) is 4.18. The minimum atomic E-state index is -0.971. The second-order valence-electron chi connectivity index (χ2n) is 9.24. The van der Waals surface area contributed by atoms with E-state index in [0.29, 0.717) is 30.6 Å². The van der Waals surface area contributed by atoms with Crippen LogP contribution in [-0.2, 0) is 20.9 Å². The molecule has 7 nitrogen and oxygen atoms in total. The highest BCUT2D eigenvalue weighted by molar-refractivity contribution is 5.92. The number of terminal acetylenes is 1. The average Bonchev–Trinajstić information content (AvgIpc) is 2.81. The molecular weight excluding hydrogens is 442 g/mol. The molecule has 0 radical (unpaired) electrons. The first-order valence-electron chi connectivity index (χ1n) is 11.7. The Bertz CT molecular complexity index is 1050. The zero-order valence-electron chi connectivity index (χ0n) is 21.1. The summed E-state index contributed by atoms with van der Waals surface area (Å²) in [6.07, 6.45) is 5.63. The number of ether oxygens (including phenoxy) is 1. The molecule has 2 aromatic carbocycles. The van der Waals surface area contributed by atoms with E-state index in [1.54, 1.807) is 52.0 Å². The molecule has 0 bridgehead atoms. The fraction of sp³-hybridized carbons (Fsp3) is 0.393. The van der Waals surface area contributed by atoms with Gasteiger partial charge in [-0.25, -0.2) is 4.79 Å². The molecule has 0 saturated carbocycles. The third-order valence-electron chi connectivity index (χ3n) is 5.13. The minimum absolute atomic E-state index is 0.293. The number of carbonyl (C=O) groups excluding carboxylic acids is 3. The fourth-order valence-corrected chi connectivity index (χ4v) is 3.60. The molecule has 186 valence electrons. The van der Waals surface area contributed by atoms with Crippen molar-refractivity contribution < 1.29 is 19.1 Å². The van der Waals surface area contributed by atoms with Crippen LogP contribution in [0.1, 0.15) is 63.8 Å². The third kappa shape index (κ3) is 8.18. The number of nitrogens with zero attached hydrogens (tertiary/aromatic N) is 1. The van der Waals surface area contributed by atoms with Crippen LogP contribution >= 0.6 is 0 Å². The molecule has 0 aliphatic heterocycles. The molecule has 2 atom stereocenters. The van der Waals surface area contributed by atoms with Gasteiger partial charge in [0.25, 0.3) is 0 Å². The summed E-state index contributed by atoms with van der Waals surface area (Å²) in [4.78, 5) is 40.9. The number of alkyl carbamates (subject to hydrolysis) is 1. The van der Waals surface area contributed by atoms with E-state index in [-0.39, 0.29) is 5.91 Å². The Hall–Kier alpha value is -3.79. The van der Waals surface area contributed by atoms with Crippen LogP contribution in [0, 0.1) is 12.3 Å². The van der Waals surface area contributed by atoms with E-state index in [1.807, 2.05) is 37.3 Å². The van der Waals surface area contributed by atoms with E-state index in [2.05, 4.69) is 16.6 Å². The summed E-state index contributed by atoms with van der Waals surface area (Å²) < 4.78 is 5.29. The Balaban J connectivity index is 2.37. The van der Waals surface area contributed by atoms with Crippen LogP contribution in [0.2, 0.25) is 0 Å². The van der Waals surface area contributed by atoms with E-state index in [0.717, 1.165) is 5.56 Å². The minimum Gasteiger partial charge on any atom is -0.444 e. The van der Waals surface area contributed by atoms with Gasteiger partial charge in [-0.05, 0) is 51.3 Å². The Kier molecular flexibility index (Phi) is 9.89. The van der Waals surface area contributed by atoms with E-state index in [9.17, 15) is 14.4 Å². The van der Waals surface area contributed by atoms with Crippen LogP contribution in [0.4, 0.5) is 4.79 Å². The van der Waals surface area contributed by atoms with Crippen molar-refractivity contribution in [2.24, 2.45) is 0 Å². The third-order valence-corrected chi connectivity index (χ3v) is 5.13. The van der Waals surface area contributed by atoms with Gasteiger partial charge in [-0.3, -0.25) is 9.59 Å². The number of benzene rings is 2. The summed E-state index contributed by atoms with van der Waals surface area (Å²) in [5.74, 6) is 1.85. The summed E-state index contributed by atoms with van der Waals surface area (Å²) in [5.41, 5.74) is 1.29. The normalized spacial score (nSPS) is 12.6. The molecule has 0 aliphatic rings. The molecule has 2 aromatic rings. The maximum absolute atomic E-state index is 13.6. The fourth-order valence-electron chi connectivity index (χ4n) is 3.60. The number of hydrogen-bond donors (Lipinski definition) is 2. The lowest BCUT2D eigenvalue weighted by atomic mass is 9.97. The second-order valence-corrected chi connectivity index (χ2v) is 9.24. The van der Waals surface area contributed by atoms with Crippen molar-refractivity contribution in [3.05, 3.63) is 71.3 Å². The summed E-state index contributed by atoms with van der Waals surface area (Å²) in [6, 6.07) is 14.7. The lowest BCUT2D eigenvalue weighted by molar-refractivity contribution is -0.142. The van der Waals surface area contributed by atoms with Crippen LogP contribution in [0.5, 0.6) is 0 Å². The average molecular weight is 478 g/mol. The van der Waals surface area contributed by atoms with E-state index in [4.69, 9.17) is 11.2 Å². The Labute approximate surface area is 208 Å². The zero-order chi connectivity index (χ0) is 26.0. The second kappa shape index (κ2) is 12.6. The van der Waals surface area contributed by atoms with Gasteiger partial charge in [0.2, 0.25) is 11.8 Å². The Morgan fingerprint density at radius 3 is 2.29 bits per heavy atom. The van der Waals surface area contributed by atoms with Gasteiger partial charge in [0, 0.05) is 18.7 Å². The summed E-state index contributed by atoms with van der Waals surface area (Å²) >= 11 is 0. The topological polar surface area (TPSA) is 87.7 Å². The van der Waals surface area contributed by atoms with Crippen molar-refractivity contribution in [1.82, 2.24) is 15.5 Å². The molecule has 3 amide bonds. The lowest BCUT2D eigenvalue weighted by Crippen LogP contribution is -2.52. The first kappa shape index (κ1) is 27.5. The molecule has 35 heavy (non-hydrogen) atoms. The number of carbonyl (C=O) groups is 3. The molecule has 7 heteroatoms. The highest BCUT2D eigenvalue weighted by atomic mass is 16.6. The van der Waals surface area contributed by atoms with Gasteiger partial charge in [-0.1, -0.05) is 61.4 Å². The van der Waals surface area contributed by atoms with Gasteiger partial charge in [0.15, 0.2) is 0 Å². The molecule has 0 aromatic heterocycles. The van der Waals surface area contributed by atoms with Gasteiger partial charge >= 0.3 is 6.09 Å². The van der Waals surface area contributed by atoms with Crippen LogP contribution < -0.4 is 10.6 Å². The van der Waals surface area contributed by atoms with Crippen LogP contribution in [0.25, 0.3) is 0 Å². The monoisotopic (exact) mass is 477 g/mol. The van der Waals surface area contributed by atoms with E-state index in [1.165, 1.54) is 4.90 Å². The van der Waals surface area contributed by atoms with Gasteiger partial charge in [-0.15, -0.1) is 6.42 Å². The maximum Gasteiger partial charge on any atom is 0.408 e. The maximum atomic E-state index is 13.6. The van der Waals surface area contributed by atoms with Gasteiger partial charge in [-0.2, -0.15) is 0 Å². The first-order valence-corrected chi connectivity index (χ1v) is 11.7. The largest absolute Gasteiger partial charge is 0.444 e. The number of hydrogen-bond acceptors (Lipinski definition) is 4. The van der Waals surface area contributed by atoms with Gasteiger partial charge in [0.1, 0.15) is 17.7 Å². The smallest absolute Gasteiger partial charge is 0.408 e. The standard InChI is InChI=1S/C28H35N3O4/c1-7-18-31(26(33)20(3)30-27(34)35-28(4,5)6)24(23-17-13-12-16-22(23)8-2)25(32)29-19-21-14-10-9-11-15-21/h2,9-17,20,24H,7,18-19H2,1,3-6H3,(H,29,32)(H,30,34). The summed E-state index contributed by atoms with van der Waals surface area (Å²) in [7, 11) is 0. The Morgan fingerprint density at radius 1 is 1.06 bits per heavy atom. The van der Waals surface area contributed by atoms with E-state index < -0.39 is 29.7 Å². The summed E-state index contributed by atoms with van der Waals surface area (Å²) in [6.45, 7) is 9.31. The number of nitrogens with one attached hydrogen (secondary N) is 2. The van der Waals surface area contributed by atoms with Crippen molar-refractivity contribution in [2.45, 2.75) is 65.3 Å². The van der Waals surface area contributed by atoms with Crippen molar-refractivity contribution in [1.29, 1.82) is 0 Å². The van der Waals surface area contributed by atoms with Gasteiger partial charge in [0.05, 0.1) is 0 Å². The highest BCUT2D eigenvalue weighted by Gasteiger charge is 2.35. The molecule has 0 saturated heterocycles. The Morgan fingerprint density at radius 2 is 1.69 bits per heavy atom. The lowest BCUT2D eigenvalue weighted by Gasteiger charge is -2.34. The zero-order valence-corrected chi connectivity index (χ0v) is 21.1. The molecule has 2 unspecified atom stereocenters. The quantitative estimate of drug-likeness (QED) is 0.531. The van der Waals surface area contributed by atoms with Crippen LogP contribution in [-0.4, -0.2) is 41.0 Å². The summed E-state index contributed by atoms with van der Waals surface area (Å²) in [5, 5.41) is 5.52. The SMILES string of the molecule is C#Cc1ccccc1C(C(=O)NCc1ccccc1)N(CCC)C(=O)C(C)NC(=O)OC(C)(C)C. The molecule has 0 spiro atoms. The van der Waals surface area contributed by atoms with Crippen molar-refractivity contribution in [2.75, 3.05) is 6.54 Å². The molecule has 0 heterocycles. The van der Waals surface area contributed by atoms with Crippen LogP contribution in [0.3, 0.4) is 0 Å². The van der Waals surface area contributed by atoms with Crippen molar-refractivity contribution in [3.63, 3.8) is 0 Å². The highest BCUT2D eigenvalue weighted by Crippen LogP contribution is 2.26. The first-order chi connectivity index (χ1) is 16.6. The number of rotatable bonds is 9. The molecule has 0 aliphatic carbocycles. The van der Waals surface area contributed by atoms with Crippen molar-refractivity contribution >= 4 is 17.9 Å². The van der Waals surface area contributed by atoms with Crippen molar-refractivity contribution in [3.8, 4) is 12.3 Å². The number of amides is 3. The molecule has 2 N–H and O–H groups in total. The molecule has 0 fully saturated rings. The van der Waals surface area contributed by atoms with Gasteiger partial charge < -0.3 is 20.3 Å².